The first-order valence-corrected chi connectivity index (χ1v) is 8.92. The smallest absolute Gasteiger partial charge is 0.253 e. The van der Waals surface area contributed by atoms with Crippen molar-refractivity contribution < 1.29 is 9.32 Å². The molecule has 0 aromatic carbocycles. The third-order valence-corrected chi connectivity index (χ3v) is 5.11. The number of nitrogens with zero attached hydrogens (tertiary/aromatic N) is 5. The van der Waals surface area contributed by atoms with Gasteiger partial charge in [0.2, 0.25) is 5.89 Å². The summed E-state index contributed by atoms with van der Waals surface area (Å²) in [6, 6.07) is 3.97. The quantitative estimate of drug-likeness (QED) is 0.829. The summed E-state index contributed by atoms with van der Waals surface area (Å²) in [5.74, 6) is 2.17. The van der Waals surface area contributed by atoms with Gasteiger partial charge in [0.25, 0.3) is 5.91 Å². The van der Waals surface area contributed by atoms with Gasteiger partial charge in [0, 0.05) is 43.0 Å². The molecule has 2 aliphatic rings. The number of hydrogen-bond donors (Lipinski definition) is 0. The van der Waals surface area contributed by atoms with Crippen molar-refractivity contribution in [2.75, 3.05) is 20.1 Å². The van der Waals surface area contributed by atoms with Crippen molar-refractivity contribution in [2.45, 2.75) is 44.2 Å². The SMILES string of the molecule is CN(Cc1nc(C2CC2)no1)C1CCN(C(=O)c2ccncc2)CC1. The van der Waals surface area contributed by atoms with Crippen molar-refractivity contribution in [3.63, 3.8) is 0 Å². The molecular formula is C18H23N5O2. The highest BCUT2D eigenvalue weighted by Crippen LogP contribution is 2.38. The van der Waals surface area contributed by atoms with Crippen LogP contribution in [0, 0.1) is 0 Å². The van der Waals surface area contributed by atoms with E-state index in [-0.39, 0.29) is 5.91 Å². The summed E-state index contributed by atoms with van der Waals surface area (Å²) in [6.07, 6.45) is 7.59. The van der Waals surface area contributed by atoms with E-state index in [9.17, 15) is 4.79 Å². The average Bonchev–Trinajstić information content (AvgIpc) is 3.41. The molecule has 132 valence electrons. The minimum Gasteiger partial charge on any atom is -0.339 e. The number of amides is 1. The summed E-state index contributed by atoms with van der Waals surface area (Å²) in [6.45, 7) is 2.21. The van der Waals surface area contributed by atoms with Gasteiger partial charge in [0.15, 0.2) is 5.82 Å². The summed E-state index contributed by atoms with van der Waals surface area (Å²) in [4.78, 5) is 25.1. The molecule has 0 bridgehead atoms. The van der Waals surface area contributed by atoms with Gasteiger partial charge in [-0.2, -0.15) is 4.98 Å². The molecule has 2 fully saturated rings. The molecule has 1 aliphatic carbocycles. The highest BCUT2D eigenvalue weighted by Gasteiger charge is 2.30. The highest BCUT2D eigenvalue weighted by atomic mass is 16.5. The van der Waals surface area contributed by atoms with Crippen LogP contribution in [0.25, 0.3) is 0 Å². The van der Waals surface area contributed by atoms with Crippen molar-refractivity contribution in [3.05, 3.63) is 41.8 Å². The summed E-state index contributed by atoms with van der Waals surface area (Å²) in [5, 5.41) is 4.07. The van der Waals surface area contributed by atoms with Crippen LogP contribution in [0.1, 0.15) is 53.7 Å². The second-order valence-corrected chi connectivity index (χ2v) is 6.99. The van der Waals surface area contributed by atoms with Crippen LogP contribution in [-0.4, -0.2) is 57.0 Å². The molecular weight excluding hydrogens is 318 g/mol. The van der Waals surface area contributed by atoms with Gasteiger partial charge in [-0.3, -0.25) is 14.7 Å². The number of carbonyl (C=O) groups excluding carboxylic acids is 1. The van der Waals surface area contributed by atoms with E-state index in [1.54, 1.807) is 24.5 Å². The van der Waals surface area contributed by atoms with E-state index in [2.05, 4.69) is 27.1 Å². The second-order valence-electron chi connectivity index (χ2n) is 6.99. The number of likely N-dealkylation sites (tertiary alicyclic amines) is 1. The Bertz CT molecular complexity index is 720. The van der Waals surface area contributed by atoms with Gasteiger partial charge in [-0.05, 0) is 44.9 Å². The minimum atomic E-state index is 0.0921. The summed E-state index contributed by atoms with van der Waals surface area (Å²) < 4.78 is 5.37. The lowest BCUT2D eigenvalue weighted by molar-refractivity contribution is 0.0629. The van der Waals surface area contributed by atoms with E-state index in [4.69, 9.17) is 4.52 Å². The standard InChI is InChI=1S/C18H23N5O2/c1-22(12-16-20-17(21-25-16)13-2-3-13)15-6-10-23(11-7-15)18(24)14-4-8-19-9-5-14/h4-5,8-9,13,15H,2-3,6-7,10-12H2,1H3. The predicted octanol–water partition coefficient (Wildman–Crippen LogP) is 2.08. The Kier molecular flexibility index (Phi) is 4.48. The van der Waals surface area contributed by atoms with E-state index in [0.29, 0.717) is 30.0 Å². The highest BCUT2D eigenvalue weighted by molar-refractivity contribution is 5.94. The Morgan fingerprint density at radius 1 is 1.24 bits per heavy atom. The van der Waals surface area contributed by atoms with E-state index in [0.717, 1.165) is 31.8 Å². The van der Waals surface area contributed by atoms with Crippen LogP contribution in [0.2, 0.25) is 0 Å². The molecule has 1 saturated carbocycles. The second kappa shape index (κ2) is 6.92. The van der Waals surface area contributed by atoms with E-state index in [1.807, 2.05) is 4.90 Å². The van der Waals surface area contributed by atoms with Gasteiger partial charge in [-0.25, -0.2) is 0 Å². The van der Waals surface area contributed by atoms with Crippen molar-refractivity contribution in [2.24, 2.45) is 0 Å². The van der Waals surface area contributed by atoms with Crippen molar-refractivity contribution in [1.82, 2.24) is 24.9 Å². The average molecular weight is 341 g/mol. The van der Waals surface area contributed by atoms with Crippen LogP contribution < -0.4 is 0 Å². The number of aromatic nitrogens is 3. The van der Waals surface area contributed by atoms with Crippen LogP contribution in [0.3, 0.4) is 0 Å². The van der Waals surface area contributed by atoms with Gasteiger partial charge in [0.1, 0.15) is 0 Å². The van der Waals surface area contributed by atoms with Crippen LogP contribution in [-0.2, 0) is 6.54 Å². The molecule has 2 aromatic rings. The molecule has 3 heterocycles. The molecule has 0 unspecified atom stereocenters. The number of rotatable bonds is 5. The minimum absolute atomic E-state index is 0.0921. The fraction of sp³-hybridized carbons (Fsp3) is 0.556. The predicted molar refractivity (Wildman–Crippen MR) is 90.9 cm³/mol. The van der Waals surface area contributed by atoms with Crippen LogP contribution in [0.15, 0.2) is 29.0 Å². The fourth-order valence-electron chi connectivity index (χ4n) is 3.37. The monoisotopic (exact) mass is 341 g/mol. The Hall–Kier alpha value is -2.28. The van der Waals surface area contributed by atoms with Crippen LogP contribution in [0.5, 0.6) is 0 Å². The van der Waals surface area contributed by atoms with Gasteiger partial charge in [0.05, 0.1) is 6.54 Å². The lowest BCUT2D eigenvalue weighted by Crippen LogP contribution is -2.45. The number of piperidine rings is 1. The summed E-state index contributed by atoms with van der Waals surface area (Å²) in [7, 11) is 2.09. The number of carbonyl (C=O) groups is 1. The number of hydrogen-bond acceptors (Lipinski definition) is 6. The molecule has 0 spiro atoms. The first-order valence-electron chi connectivity index (χ1n) is 8.92. The molecule has 0 N–H and O–H groups in total. The molecule has 4 rings (SSSR count). The Balaban J connectivity index is 1.29. The zero-order valence-corrected chi connectivity index (χ0v) is 14.5. The third kappa shape index (κ3) is 3.71. The molecule has 7 heteroatoms. The van der Waals surface area contributed by atoms with E-state index >= 15 is 0 Å². The summed E-state index contributed by atoms with van der Waals surface area (Å²) in [5.41, 5.74) is 0.709. The molecule has 1 aliphatic heterocycles. The van der Waals surface area contributed by atoms with Gasteiger partial charge in [-0.15, -0.1) is 0 Å². The largest absolute Gasteiger partial charge is 0.339 e. The topological polar surface area (TPSA) is 75.4 Å². The fourth-order valence-corrected chi connectivity index (χ4v) is 3.37. The zero-order chi connectivity index (χ0) is 17.2. The normalized spacial score (nSPS) is 18.7. The first-order chi connectivity index (χ1) is 12.2. The number of pyridine rings is 1. The third-order valence-electron chi connectivity index (χ3n) is 5.11. The zero-order valence-electron chi connectivity index (χ0n) is 14.5. The lowest BCUT2D eigenvalue weighted by atomic mass is 10.0. The van der Waals surface area contributed by atoms with E-state index in [1.165, 1.54) is 12.8 Å². The van der Waals surface area contributed by atoms with Crippen molar-refractivity contribution in [3.8, 4) is 0 Å². The van der Waals surface area contributed by atoms with Crippen molar-refractivity contribution in [1.29, 1.82) is 0 Å². The van der Waals surface area contributed by atoms with Crippen LogP contribution >= 0.6 is 0 Å². The first kappa shape index (κ1) is 16.2. The Labute approximate surface area is 147 Å². The molecule has 7 nitrogen and oxygen atoms in total. The molecule has 1 saturated heterocycles. The molecule has 0 radical (unpaired) electrons. The Morgan fingerprint density at radius 3 is 2.64 bits per heavy atom. The van der Waals surface area contributed by atoms with Gasteiger partial charge >= 0.3 is 0 Å². The maximum atomic E-state index is 12.5. The molecule has 25 heavy (non-hydrogen) atoms. The summed E-state index contributed by atoms with van der Waals surface area (Å²) >= 11 is 0. The maximum Gasteiger partial charge on any atom is 0.253 e. The Morgan fingerprint density at radius 2 is 1.96 bits per heavy atom. The molecule has 2 aromatic heterocycles. The molecule has 0 atom stereocenters. The van der Waals surface area contributed by atoms with E-state index < -0.39 is 0 Å². The lowest BCUT2D eigenvalue weighted by Gasteiger charge is -2.36. The van der Waals surface area contributed by atoms with Crippen LogP contribution in [0.4, 0.5) is 0 Å². The van der Waals surface area contributed by atoms with Crippen molar-refractivity contribution >= 4 is 5.91 Å². The molecule has 1 amide bonds. The van der Waals surface area contributed by atoms with Gasteiger partial charge in [-0.1, -0.05) is 5.16 Å². The maximum absolute atomic E-state index is 12.5. The van der Waals surface area contributed by atoms with Gasteiger partial charge < -0.3 is 9.42 Å².